The molecule has 0 radical (unpaired) electrons. The number of nitrogen functional groups attached to an aromatic ring is 1. The normalized spacial score (nSPS) is 23.6. The average molecular weight is 1440 g/mol. The summed E-state index contributed by atoms with van der Waals surface area (Å²) in [6, 6.07) is -7.87. The molecular weight excluding hydrogens is 1350 g/mol. The highest BCUT2D eigenvalue weighted by Gasteiger charge is 2.54. The first-order valence-electron chi connectivity index (χ1n) is 31.4. The van der Waals surface area contributed by atoms with E-state index in [2.05, 4.69) is 67.1 Å². The predicted molar refractivity (Wildman–Crippen MR) is 346 cm³/mol. The zero-order valence-electron chi connectivity index (χ0n) is 54.4. The van der Waals surface area contributed by atoms with Gasteiger partial charge in [0.2, 0.25) is 29.5 Å². The Hall–Kier alpha value is -7.73. The number of primary amides is 3. The van der Waals surface area contributed by atoms with Crippen molar-refractivity contribution >= 4 is 75.9 Å². The number of imidazole rings is 1. The molecule has 8 amide bonds. The number of ether oxygens (including phenoxy) is 5. The van der Waals surface area contributed by atoms with Crippen LogP contribution in [-0.4, -0.2) is 268 Å². The number of H-pyrrole nitrogens is 1. The lowest BCUT2D eigenvalue weighted by molar-refractivity contribution is -0.372. The third-order valence-electron chi connectivity index (χ3n) is 15.9. The molecule has 99 heavy (non-hydrogen) atoms. The summed E-state index contributed by atoms with van der Waals surface area (Å²) in [5.74, 6) is -8.74. The molecule has 0 aliphatic carbocycles. The highest BCUT2D eigenvalue weighted by atomic mass is 32.1. The van der Waals surface area contributed by atoms with Crippen LogP contribution >= 0.6 is 22.7 Å². The number of nitrogens with two attached hydrogens (primary N) is 6. The Morgan fingerprint density at radius 3 is 2.09 bits per heavy atom. The maximum atomic E-state index is 15.2. The molecule has 2 fully saturated rings. The molecule has 0 aromatic carbocycles. The van der Waals surface area contributed by atoms with Crippen molar-refractivity contribution in [1.82, 2.24) is 67.1 Å². The summed E-state index contributed by atoms with van der Waals surface area (Å²) in [5, 5.41) is 111. The minimum Gasteiger partial charge on any atom is -0.441 e. The number of nitrogens with one attached hydrogen (secondary N) is 8. The molecule has 0 saturated carbocycles. The number of aromatic amines is 1. The molecule has 4 aromatic heterocycles. The Kier molecular flexibility index (Phi) is 30.9. The van der Waals surface area contributed by atoms with E-state index in [1.807, 2.05) is 0 Å². The van der Waals surface area contributed by atoms with Gasteiger partial charge in [-0.3, -0.25) is 33.6 Å². The topological polar surface area (TPSA) is 665 Å². The van der Waals surface area contributed by atoms with Crippen LogP contribution in [0.1, 0.15) is 102 Å². The number of aliphatic hydroxyl groups excluding tert-OH is 8. The van der Waals surface area contributed by atoms with Gasteiger partial charge in [0.1, 0.15) is 94.6 Å². The number of carbonyl (C=O) groups is 8. The summed E-state index contributed by atoms with van der Waals surface area (Å²) in [4.78, 5) is 131. The molecule has 40 nitrogen and oxygen atoms in total. The van der Waals surface area contributed by atoms with Crippen molar-refractivity contribution in [2.24, 2.45) is 34.6 Å². The second kappa shape index (κ2) is 38.2. The number of thiazole rings is 2. The quantitative estimate of drug-likeness (QED) is 0.0185. The second-order valence-corrected chi connectivity index (χ2v) is 25.2. The van der Waals surface area contributed by atoms with Crippen molar-refractivity contribution in [3.8, 4) is 10.7 Å². The summed E-state index contributed by atoms with van der Waals surface area (Å²) in [6.45, 7) is 5.29. The van der Waals surface area contributed by atoms with Crippen LogP contribution in [0.3, 0.4) is 0 Å². The molecule has 4 aromatic rings. The Labute approximate surface area is 573 Å². The molecule has 2 aliphatic rings. The standard InChI is InChI=1S/C57H89N19O21S2/c1-22-35(73-48(76-46(22)61)27(14-33(60)80)68-15-26(59)47(62)86)52(90)75-37(43(28-16-65-21-69-28)95-56-45(41(84)39(82)31(17-77)94-56)96-55-42(85)44(97-57(63)92)40(83)32(18-78)93-55)53(91)70-24(3)38(81)23(2)49(87)74-36(25(4)79)51(89)67-13-8-34-71-30(20-98-34)54-72-29(19-99-54)50(88)66-12-7-11-64-10-6-5-9-58/h16,19-21,23-27,31-32,36-45,55-56,64,68,77-79,81-85H,5-15,17-18,58-59H2,1-4H3,(H2,60,80)(H2,62,86)(H2,63,92)(H,65,69)(H,66,88)(H,67,89)(H,70,91)(H,74,87)(H,75,90)(H2,61,73,76)/t23-,24+,25+,26-,27-,31-,32+,36-,37-,38-,39+,40+,41-,42-,43-,44-,45-,55+,56-/m0/s1. The molecule has 0 spiro atoms. The molecule has 6 rings (SSSR count). The van der Waals surface area contributed by atoms with Gasteiger partial charge in [0.25, 0.3) is 11.8 Å². The van der Waals surface area contributed by atoms with Crippen molar-refractivity contribution in [3.05, 3.63) is 56.8 Å². The largest absolute Gasteiger partial charge is 0.441 e. The molecule has 28 N–H and O–H groups in total. The van der Waals surface area contributed by atoms with E-state index >= 15 is 4.79 Å². The van der Waals surface area contributed by atoms with Gasteiger partial charge in [-0.15, -0.1) is 22.7 Å². The van der Waals surface area contributed by atoms with Gasteiger partial charge in [-0.05, 0) is 59.7 Å². The van der Waals surface area contributed by atoms with Gasteiger partial charge in [-0.2, -0.15) is 0 Å². The third-order valence-corrected chi connectivity index (χ3v) is 17.7. The summed E-state index contributed by atoms with van der Waals surface area (Å²) < 4.78 is 28.7. The number of amides is 8. The van der Waals surface area contributed by atoms with Crippen LogP contribution < -0.4 is 71.6 Å². The van der Waals surface area contributed by atoms with E-state index in [0.29, 0.717) is 28.8 Å². The Morgan fingerprint density at radius 2 is 1.44 bits per heavy atom. The van der Waals surface area contributed by atoms with Gasteiger partial charge in [0.15, 0.2) is 18.7 Å². The van der Waals surface area contributed by atoms with Gasteiger partial charge < -0.3 is 141 Å². The van der Waals surface area contributed by atoms with E-state index < -0.39 is 183 Å². The fourth-order valence-electron chi connectivity index (χ4n) is 10.2. The number of nitrogens with zero attached hydrogens (tertiary/aromatic N) is 5. The fraction of sp³-hybridized carbons (Fsp3) is 0.632. The van der Waals surface area contributed by atoms with Crippen LogP contribution in [0.15, 0.2) is 23.3 Å². The Morgan fingerprint density at radius 1 is 0.747 bits per heavy atom. The second-order valence-electron chi connectivity index (χ2n) is 23.4. The lowest BCUT2D eigenvalue weighted by Crippen LogP contribution is -2.65. The van der Waals surface area contributed by atoms with Crippen molar-refractivity contribution < 1.29 is 103 Å². The number of aromatic nitrogens is 6. The molecule has 6 heterocycles. The summed E-state index contributed by atoms with van der Waals surface area (Å²) >= 11 is 2.50. The zero-order chi connectivity index (χ0) is 72.9. The van der Waals surface area contributed by atoms with E-state index in [0.717, 1.165) is 44.9 Å². The first-order chi connectivity index (χ1) is 47.0. The minimum absolute atomic E-state index is 0.0140. The number of aliphatic hydroxyl groups is 8. The van der Waals surface area contributed by atoms with Crippen LogP contribution in [0.2, 0.25) is 0 Å². The minimum atomic E-state index is -2.20. The molecular formula is C57H89N19O21S2. The molecule has 42 heteroatoms. The van der Waals surface area contributed by atoms with Crippen LogP contribution in [0, 0.1) is 12.8 Å². The van der Waals surface area contributed by atoms with Gasteiger partial charge in [0, 0.05) is 48.8 Å². The number of hydrogen-bond acceptors (Lipinski definition) is 33. The monoisotopic (exact) mass is 1440 g/mol. The highest BCUT2D eigenvalue weighted by Crippen LogP contribution is 2.35. The lowest BCUT2D eigenvalue weighted by atomic mass is 9.96. The van der Waals surface area contributed by atoms with Crippen LogP contribution in [0.25, 0.3) is 10.7 Å². The molecule has 550 valence electrons. The van der Waals surface area contributed by atoms with E-state index in [4.69, 9.17) is 58.1 Å². The summed E-state index contributed by atoms with van der Waals surface area (Å²) in [5.41, 5.74) is 33.6. The molecule has 2 saturated heterocycles. The number of unbranched alkanes of at least 4 members (excludes halogenated alkanes) is 1. The van der Waals surface area contributed by atoms with Gasteiger partial charge in [-0.25, -0.2) is 29.7 Å². The van der Waals surface area contributed by atoms with Gasteiger partial charge in [-0.1, -0.05) is 6.92 Å². The van der Waals surface area contributed by atoms with E-state index in [1.165, 1.54) is 50.4 Å². The van der Waals surface area contributed by atoms with Crippen molar-refractivity contribution in [2.75, 3.05) is 58.2 Å². The lowest BCUT2D eigenvalue weighted by Gasteiger charge is -2.47. The summed E-state index contributed by atoms with van der Waals surface area (Å²) in [7, 11) is 0. The number of carbonyl (C=O) groups excluding carboxylic acids is 8. The van der Waals surface area contributed by atoms with Crippen LogP contribution in [-0.2, 0) is 54.1 Å². The van der Waals surface area contributed by atoms with Crippen molar-refractivity contribution in [3.63, 3.8) is 0 Å². The molecule has 0 bridgehead atoms. The highest BCUT2D eigenvalue weighted by molar-refractivity contribution is 7.14. The first-order valence-corrected chi connectivity index (χ1v) is 33.1. The summed E-state index contributed by atoms with van der Waals surface area (Å²) in [6.07, 6.45) is -22.5. The number of hydrogen-bond donors (Lipinski definition) is 22. The first kappa shape index (κ1) is 80.2. The van der Waals surface area contributed by atoms with Crippen LogP contribution in [0.5, 0.6) is 0 Å². The average Bonchev–Trinajstić information content (AvgIpc) is 1.07. The maximum absolute atomic E-state index is 15.2. The molecule has 2 aliphatic heterocycles. The van der Waals surface area contributed by atoms with Crippen molar-refractivity contribution in [2.45, 2.75) is 170 Å². The molecule has 19 atom stereocenters. The zero-order valence-corrected chi connectivity index (χ0v) is 56.0. The van der Waals surface area contributed by atoms with E-state index in [1.54, 1.807) is 10.8 Å². The SMILES string of the molecule is Cc1c(N)nc([C@H](CC(N)=O)NC[C@H](N)C(N)=O)nc1C(=O)N[C@H](C(=O)N[C@H](C)[C@@H](O)[C@H](C)C(=O)N[C@H](C(=O)NCCc1nc(-c2nc(C(=O)NCCCNCCCCN)cs2)cs1)[C@@H](C)O)[C@@H](O[C@@H]1O[C@@H](CO)[C@@H](O)[C@H](O)[C@@H]1O[C@H]1O[C@H](CO)[C@@H](O)[C@H](OC(N)=O)[C@@H]1O)c1cnc[nH]1. The van der Waals surface area contributed by atoms with Crippen LogP contribution in [0.4, 0.5) is 10.6 Å². The number of rotatable bonds is 39. The maximum Gasteiger partial charge on any atom is 0.404 e. The van der Waals surface area contributed by atoms with E-state index in [9.17, 15) is 74.4 Å². The van der Waals surface area contributed by atoms with Crippen molar-refractivity contribution in [1.29, 1.82) is 0 Å². The van der Waals surface area contributed by atoms with Gasteiger partial charge >= 0.3 is 6.09 Å². The third kappa shape index (κ3) is 22.1. The predicted octanol–water partition coefficient (Wildman–Crippen LogP) is -8.25. The Balaban J connectivity index is 1.23. The molecule has 0 unspecified atom stereocenters. The van der Waals surface area contributed by atoms with Gasteiger partial charge in [0.05, 0.1) is 72.7 Å². The number of anilines is 1. The Bertz CT molecular complexity index is 3320. The fourth-order valence-corrected chi connectivity index (χ4v) is 11.8. The van der Waals surface area contributed by atoms with E-state index in [-0.39, 0.29) is 54.0 Å². The smallest absolute Gasteiger partial charge is 0.404 e.